The monoisotopic (exact) mass is 262 g/mol. The molecule has 0 saturated carbocycles. The average Bonchev–Trinajstić information content (AvgIpc) is 2.10. The summed E-state index contributed by atoms with van der Waals surface area (Å²) >= 11 is 3.16. The van der Waals surface area contributed by atoms with Gasteiger partial charge in [0.2, 0.25) is 0 Å². The van der Waals surface area contributed by atoms with Crippen LogP contribution in [0.1, 0.15) is 12.6 Å². The van der Waals surface area contributed by atoms with Crippen molar-refractivity contribution in [2.24, 2.45) is 0 Å². The van der Waals surface area contributed by atoms with Gasteiger partial charge in [0.05, 0.1) is 11.8 Å². The van der Waals surface area contributed by atoms with Gasteiger partial charge in [-0.25, -0.2) is 9.37 Å². The third kappa shape index (κ3) is 3.69. The van der Waals surface area contributed by atoms with Gasteiger partial charge in [0.1, 0.15) is 10.4 Å². The highest BCUT2D eigenvalue weighted by molar-refractivity contribution is 9.10. The summed E-state index contributed by atoms with van der Waals surface area (Å²) in [6, 6.07) is 2.91. The third-order valence-corrected chi connectivity index (χ3v) is 2.06. The smallest absolute Gasteiger partial charge is 0.146 e. The topological polar surface area (TPSA) is 45.1 Å². The fourth-order valence-electron chi connectivity index (χ4n) is 0.981. The minimum Gasteiger partial charge on any atom is -0.392 e. The summed E-state index contributed by atoms with van der Waals surface area (Å²) in [5.74, 6) is -0.341. The number of hydrogen-bond acceptors (Lipinski definition) is 3. The second-order valence-corrected chi connectivity index (χ2v) is 3.85. The Labute approximate surface area is 90.5 Å². The summed E-state index contributed by atoms with van der Waals surface area (Å²) in [6.07, 6.45) is -0.440. The molecule has 3 nitrogen and oxygen atoms in total. The number of nitrogens with one attached hydrogen (secondary N) is 1. The Bertz CT molecular complexity index is 307. The fourth-order valence-corrected chi connectivity index (χ4v) is 1.33. The number of nitrogens with zero attached hydrogens (tertiary/aromatic N) is 1. The number of hydrogen-bond donors (Lipinski definition) is 2. The van der Waals surface area contributed by atoms with Gasteiger partial charge in [0.25, 0.3) is 0 Å². The highest BCUT2D eigenvalue weighted by Crippen LogP contribution is 2.10. The quantitative estimate of drug-likeness (QED) is 0.808. The van der Waals surface area contributed by atoms with Gasteiger partial charge in [-0.15, -0.1) is 0 Å². The molecule has 0 spiro atoms. The Hall–Kier alpha value is -0.520. The van der Waals surface area contributed by atoms with Crippen LogP contribution >= 0.6 is 15.9 Å². The molecule has 0 aromatic carbocycles. The summed E-state index contributed by atoms with van der Waals surface area (Å²) in [4.78, 5) is 3.97. The molecule has 0 radical (unpaired) electrons. The molecule has 0 fully saturated rings. The summed E-state index contributed by atoms with van der Waals surface area (Å²) in [7, 11) is 0. The zero-order valence-corrected chi connectivity index (χ0v) is 9.38. The minimum absolute atomic E-state index is 0.316. The molecule has 0 unspecified atom stereocenters. The lowest BCUT2D eigenvalue weighted by Gasteiger charge is -2.07. The standard InChI is InChI=1S/C9H12BrFN2O/c1-6(14)4-12-5-8-7(11)2-3-9(10)13-8/h2-3,6,12,14H,4-5H2,1H3/t6-/m1/s1. The molecule has 0 aliphatic heterocycles. The van der Waals surface area contributed by atoms with Crippen LogP contribution in [-0.4, -0.2) is 22.7 Å². The molecule has 78 valence electrons. The van der Waals surface area contributed by atoms with Crippen molar-refractivity contribution in [1.82, 2.24) is 10.3 Å². The molecule has 5 heteroatoms. The zero-order valence-electron chi connectivity index (χ0n) is 7.80. The SMILES string of the molecule is C[C@@H](O)CNCc1nc(Br)ccc1F. The zero-order chi connectivity index (χ0) is 10.6. The van der Waals surface area contributed by atoms with E-state index >= 15 is 0 Å². The number of aliphatic hydroxyl groups excluding tert-OH is 1. The van der Waals surface area contributed by atoms with Crippen molar-refractivity contribution in [3.05, 3.63) is 28.2 Å². The van der Waals surface area contributed by atoms with Crippen molar-refractivity contribution in [3.63, 3.8) is 0 Å². The molecular formula is C9H12BrFN2O. The average molecular weight is 263 g/mol. The first-order valence-electron chi connectivity index (χ1n) is 4.29. The highest BCUT2D eigenvalue weighted by atomic mass is 79.9. The van der Waals surface area contributed by atoms with Gasteiger partial charge >= 0.3 is 0 Å². The van der Waals surface area contributed by atoms with Gasteiger partial charge in [-0.2, -0.15) is 0 Å². The van der Waals surface area contributed by atoms with E-state index < -0.39 is 6.10 Å². The van der Waals surface area contributed by atoms with E-state index in [1.807, 2.05) is 0 Å². The van der Waals surface area contributed by atoms with Crippen molar-refractivity contribution in [1.29, 1.82) is 0 Å². The number of halogens is 2. The van der Waals surface area contributed by atoms with E-state index in [9.17, 15) is 4.39 Å². The normalized spacial score (nSPS) is 12.9. The molecule has 0 aliphatic rings. The molecule has 1 aromatic rings. The van der Waals surface area contributed by atoms with Gasteiger partial charge in [0.15, 0.2) is 0 Å². The van der Waals surface area contributed by atoms with E-state index in [-0.39, 0.29) is 5.82 Å². The summed E-state index contributed by atoms with van der Waals surface area (Å²) in [5.41, 5.74) is 0.347. The lowest BCUT2D eigenvalue weighted by atomic mass is 10.3. The van der Waals surface area contributed by atoms with Crippen molar-refractivity contribution in [3.8, 4) is 0 Å². The lowest BCUT2D eigenvalue weighted by molar-refractivity contribution is 0.190. The number of aliphatic hydroxyl groups is 1. The summed E-state index contributed by atoms with van der Waals surface area (Å²) < 4.78 is 13.7. The molecule has 0 saturated heterocycles. The van der Waals surface area contributed by atoms with Crippen LogP contribution < -0.4 is 5.32 Å². The third-order valence-electron chi connectivity index (χ3n) is 1.62. The van der Waals surface area contributed by atoms with Crippen LogP contribution in [0.15, 0.2) is 16.7 Å². The summed E-state index contributed by atoms with van der Waals surface area (Å²) in [6.45, 7) is 2.40. The number of aromatic nitrogens is 1. The lowest BCUT2D eigenvalue weighted by Crippen LogP contribution is -2.24. The minimum atomic E-state index is -0.440. The number of pyridine rings is 1. The Morgan fingerprint density at radius 3 is 3.00 bits per heavy atom. The first-order valence-corrected chi connectivity index (χ1v) is 5.08. The predicted octanol–water partition coefficient (Wildman–Crippen LogP) is 1.45. The van der Waals surface area contributed by atoms with Gasteiger partial charge in [0, 0.05) is 13.1 Å². The second-order valence-electron chi connectivity index (χ2n) is 3.04. The van der Waals surface area contributed by atoms with Crippen LogP contribution in [0, 0.1) is 5.82 Å². The van der Waals surface area contributed by atoms with Crippen LogP contribution in [0.3, 0.4) is 0 Å². The van der Waals surface area contributed by atoms with E-state index in [4.69, 9.17) is 5.11 Å². The van der Waals surface area contributed by atoms with Crippen LogP contribution in [0.5, 0.6) is 0 Å². The Kier molecular flexibility index (Phi) is 4.44. The molecule has 0 amide bonds. The fraction of sp³-hybridized carbons (Fsp3) is 0.444. The van der Waals surface area contributed by atoms with Crippen LogP contribution in [-0.2, 0) is 6.54 Å². The van der Waals surface area contributed by atoms with E-state index in [1.165, 1.54) is 6.07 Å². The van der Waals surface area contributed by atoms with Gasteiger partial charge in [-0.1, -0.05) is 0 Å². The molecule has 1 atom stereocenters. The molecule has 2 N–H and O–H groups in total. The molecule has 0 bridgehead atoms. The Balaban J connectivity index is 2.53. The molecule has 0 aliphatic carbocycles. The molecular weight excluding hydrogens is 251 g/mol. The first-order chi connectivity index (χ1) is 6.59. The van der Waals surface area contributed by atoms with Crippen molar-refractivity contribution in [2.45, 2.75) is 19.6 Å². The molecule has 14 heavy (non-hydrogen) atoms. The largest absolute Gasteiger partial charge is 0.392 e. The maximum Gasteiger partial charge on any atom is 0.146 e. The molecule has 1 heterocycles. The van der Waals surface area contributed by atoms with E-state index in [0.717, 1.165) is 0 Å². The maximum atomic E-state index is 13.1. The van der Waals surface area contributed by atoms with Crippen LogP contribution in [0.25, 0.3) is 0 Å². The second kappa shape index (κ2) is 5.38. The van der Waals surface area contributed by atoms with E-state index in [2.05, 4.69) is 26.2 Å². The van der Waals surface area contributed by atoms with Crippen LogP contribution in [0.4, 0.5) is 4.39 Å². The van der Waals surface area contributed by atoms with Crippen molar-refractivity contribution in [2.75, 3.05) is 6.54 Å². The summed E-state index contributed by atoms with van der Waals surface area (Å²) in [5, 5.41) is 11.9. The first kappa shape index (κ1) is 11.6. The highest BCUT2D eigenvalue weighted by Gasteiger charge is 2.04. The van der Waals surface area contributed by atoms with Gasteiger partial charge in [-0.3, -0.25) is 0 Å². The maximum absolute atomic E-state index is 13.1. The predicted molar refractivity (Wildman–Crippen MR) is 55.3 cm³/mol. The van der Waals surface area contributed by atoms with Crippen molar-refractivity contribution >= 4 is 15.9 Å². The van der Waals surface area contributed by atoms with Gasteiger partial charge in [-0.05, 0) is 35.0 Å². The Morgan fingerprint density at radius 2 is 2.36 bits per heavy atom. The van der Waals surface area contributed by atoms with Crippen LogP contribution in [0.2, 0.25) is 0 Å². The molecule has 1 aromatic heterocycles. The number of rotatable bonds is 4. The Morgan fingerprint density at radius 1 is 1.64 bits per heavy atom. The van der Waals surface area contributed by atoms with Gasteiger partial charge < -0.3 is 10.4 Å². The molecule has 1 rings (SSSR count). The van der Waals surface area contributed by atoms with E-state index in [1.54, 1.807) is 13.0 Å². The van der Waals surface area contributed by atoms with E-state index in [0.29, 0.717) is 23.4 Å². The van der Waals surface area contributed by atoms with Crippen molar-refractivity contribution < 1.29 is 9.50 Å².